The Morgan fingerprint density at radius 3 is 2.42 bits per heavy atom. The van der Waals surface area contributed by atoms with Gasteiger partial charge in [-0.3, -0.25) is 19.5 Å². The van der Waals surface area contributed by atoms with Gasteiger partial charge in [0, 0.05) is 37.7 Å². The van der Waals surface area contributed by atoms with Crippen LogP contribution in [0.4, 0.5) is 5.69 Å². The molecule has 1 aliphatic heterocycles. The largest absolute Gasteiger partial charge is 0.346 e. The third-order valence-corrected chi connectivity index (χ3v) is 6.25. The van der Waals surface area contributed by atoms with E-state index in [2.05, 4.69) is 44.8 Å². The lowest BCUT2D eigenvalue weighted by Crippen LogP contribution is -2.43. The summed E-state index contributed by atoms with van der Waals surface area (Å²) < 4.78 is 0. The lowest BCUT2D eigenvalue weighted by molar-refractivity contribution is -0.136. The van der Waals surface area contributed by atoms with Crippen molar-refractivity contribution < 1.29 is 9.59 Å². The van der Waals surface area contributed by atoms with Crippen molar-refractivity contribution in [1.82, 2.24) is 15.2 Å². The Hall–Kier alpha value is -3.51. The summed E-state index contributed by atoms with van der Waals surface area (Å²) in [5, 5.41) is 5.64. The van der Waals surface area contributed by atoms with Crippen LogP contribution in [0.2, 0.25) is 0 Å². The Bertz CT molecular complexity index is 1140. The van der Waals surface area contributed by atoms with Gasteiger partial charge in [0.2, 0.25) is 0 Å². The number of fused-ring (bicyclic) bond motifs is 1. The van der Waals surface area contributed by atoms with Gasteiger partial charge in [-0.2, -0.15) is 0 Å². The number of amides is 2. The van der Waals surface area contributed by atoms with Gasteiger partial charge in [-0.1, -0.05) is 48.0 Å². The van der Waals surface area contributed by atoms with Crippen LogP contribution in [0.25, 0.3) is 0 Å². The summed E-state index contributed by atoms with van der Waals surface area (Å²) in [6, 6.07) is 16.3. The Labute approximate surface area is 195 Å². The minimum absolute atomic E-state index is 0.0772. The van der Waals surface area contributed by atoms with Gasteiger partial charge in [0.25, 0.3) is 0 Å². The predicted molar refractivity (Wildman–Crippen MR) is 130 cm³/mol. The van der Waals surface area contributed by atoms with Crippen molar-refractivity contribution in [3.63, 3.8) is 0 Å². The van der Waals surface area contributed by atoms with Gasteiger partial charge in [0.15, 0.2) is 0 Å². The molecule has 1 aliphatic rings. The molecule has 0 radical (unpaired) electrons. The topological polar surface area (TPSA) is 74.3 Å². The van der Waals surface area contributed by atoms with Crippen LogP contribution in [-0.4, -0.2) is 34.8 Å². The Balaban J connectivity index is 1.46. The molecule has 6 nitrogen and oxygen atoms in total. The minimum atomic E-state index is -0.654. The number of anilines is 1. The molecule has 0 unspecified atom stereocenters. The summed E-state index contributed by atoms with van der Waals surface area (Å²) >= 11 is 0. The number of rotatable bonds is 5. The highest BCUT2D eigenvalue weighted by atomic mass is 16.2. The summed E-state index contributed by atoms with van der Waals surface area (Å²) in [6.07, 6.45) is 4.52. The molecule has 3 aromatic rings. The molecule has 0 saturated heterocycles. The molecule has 1 aromatic heterocycles. The number of hydrogen-bond acceptors (Lipinski definition) is 4. The molecule has 0 spiro atoms. The first kappa shape index (κ1) is 22.7. The second-order valence-corrected chi connectivity index (χ2v) is 8.73. The minimum Gasteiger partial charge on any atom is -0.346 e. The van der Waals surface area contributed by atoms with Gasteiger partial charge in [-0.25, -0.2) is 0 Å². The number of carbonyl (C=O) groups is 2. The van der Waals surface area contributed by atoms with E-state index in [4.69, 9.17) is 0 Å². The first-order chi connectivity index (χ1) is 15.9. The second kappa shape index (κ2) is 9.96. The average molecular weight is 443 g/mol. The second-order valence-electron chi connectivity index (χ2n) is 8.73. The average Bonchev–Trinajstić information content (AvgIpc) is 2.81. The van der Waals surface area contributed by atoms with Crippen molar-refractivity contribution in [3.8, 4) is 0 Å². The smallest absolute Gasteiger partial charge is 0.313 e. The first-order valence-electron chi connectivity index (χ1n) is 11.3. The fraction of sp³-hybridized carbons (Fsp3) is 0.296. The Kier molecular flexibility index (Phi) is 6.84. The number of hydrogen-bond donors (Lipinski definition) is 2. The monoisotopic (exact) mass is 442 g/mol. The maximum atomic E-state index is 12.7. The van der Waals surface area contributed by atoms with Crippen LogP contribution in [0.3, 0.4) is 0 Å². The van der Waals surface area contributed by atoms with Crippen LogP contribution >= 0.6 is 0 Å². The van der Waals surface area contributed by atoms with E-state index < -0.39 is 11.8 Å². The molecule has 33 heavy (non-hydrogen) atoms. The highest BCUT2D eigenvalue weighted by molar-refractivity contribution is 6.39. The SMILES string of the molecule is Cc1cc(C)c(NC(=O)C(=O)NC[C@@H](c2cccnc2)N2CCc3ccccc3C2)c(C)c1. The molecular weight excluding hydrogens is 412 g/mol. The van der Waals surface area contributed by atoms with E-state index in [1.165, 1.54) is 11.1 Å². The van der Waals surface area contributed by atoms with Crippen LogP contribution < -0.4 is 10.6 Å². The first-order valence-corrected chi connectivity index (χ1v) is 11.3. The molecule has 0 aliphatic carbocycles. The van der Waals surface area contributed by atoms with E-state index in [1.54, 1.807) is 6.20 Å². The van der Waals surface area contributed by atoms with Gasteiger partial charge in [0.1, 0.15) is 0 Å². The third kappa shape index (κ3) is 5.29. The summed E-state index contributed by atoms with van der Waals surface area (Å²) in [4.78, 5) is 31.9. The van der Waals surface area contributed by atoms with Crippen molar-refractivity contribution in [2.75, 3.05) is 18.4 Å². The van der Waals surface area contributed by atoms with Crippen molar-refractivity contribution in [1.29, 1.82) is 0 Å². The molecule has 2 aromatic carbocycles. The number of aromatic nitrogens is 1. The maximum absolute atomic E-state index is 12.7. The molecule has 170 valence electrons. The normalized spacial score (nSPS) is 14.3. The number of aryl methyl sites for hydroxylation is 3. The summed E-state index contributed by atoms with van der Waals surface area (Å²) in [6.45, 7) is 7.86. The van der Waals surface area contributed by atoms with Crippen molar-refractivity contribution in [3.05, 3.63) is 94.3 Å². The summed E-state index contributed by atoms with van der Waals surface area (Å²) in [5.74, 6) is -1.29. The van der Waals surface area contributed by atoms with E-state index in [1.807, 2.05) is 51.2 Å². The molecule has 4 rings (SSSR count). The van der Waals surface area contributed by atoms with Crippen LogP contribution in [0.1, 0.15) is 39.4 Å². The third-order valence-electron chi connectivity index (χ3n) is 6.25. The van der Waals surface area contributed by atoms with E-state index >= 15 is 0 Å². The fourth-order valence-corrected chi connectivity index (χ4v) is 4.63. The zero-order valence-corrected chi connectivity index (χ0v) is 19.4. The summed E-state index contributed by atoms with van der Waals surface area (Å²) in [5.41, 5.74) is 7.37. The number of nitrogens with zero attached hydrogens (tertiary/aromatic N) is 2. The fourth-order valence-electron chi connectivity index (χ4n) is 4.63. The number of benzene rings is 2. The number of carbonyl (C=O) groups excluding carboxylic acids is 2. The maximum Gasteiger partial charge on any atom is 0.313 e. The van der Waals surface area contributed by atoms with Crippen LogP contribution in [0.15, 0.2) is 60.9 Å². The summed E-state index contributed by atoms with van der Waals surface area (Å²) in [7, 11) is 0. The van der Waals surface area contributed by atoms with Crippen molar-refractivity contribution in [2.24, 2.45) is 0 Å². The zero-order valence-electron chi connectivity index (χ0n) is 19.4. The quantitative estimate of drug-likeness (QED) is 0.589. The molecular formula is C27H30N4O2. The van der Waals surface area contributed by atoms with Crippen molar-refractivity contribution in [2.45, 2.75) is 39.8 Å². The molecule has 6 heteroatoms. The lowest BCUT2D eigenvalue weighted by Gasteiger charge is -2.35. The van der Waals surface area contributed by atoms with E-state index in [0.29, 0.717) is 12.2 Å². The zero-order chi connectivity index (χ0) is 23.4. The van der Waals surface area contributed by atoms with Crippen LogP contribution in [0.5, 0.6) is 0 Å². The molecule has 2 amide bonds. The van der Waals surface area contributed by atoms with Gasteiger partial charge >= 0.3 is 11.8 Å². The Morgan fingerprint density at radius 1 is 1.00 bits per heavy atom. The standard InChI is InChI=1S/C27H30N4O2/c1-18-13-19(2)25(20(3)14-18)30-27(33)26(32)29-16-24(22-9-6-11-28-15-22)31-12-10-21-7-4-5-8-23(21)17-31/h4-9,11,13-15,24H,10,12,16-17H2,1-3H3,(H,29,32)(H,30,33)/t24-/m0/s1. The molecule has 0 bridgehead atoms. The highest BCUT2D eigenvalue weighted by Crippen LogP contribution is 2.27. The molecule has 0 saturated carbocycles. The molecule has 1 atom stereocenters. The lowest BCUT2D eigenvalue weighted by atomic mass is 9.97. The van der Waals surface area contributed by atoms with E-state index in [-0.39, 0.29) is 6.04 Å². The molecule has 2 N–H and O–H groups in total. The van der Waals surface area contributed by atoms with Gasteiger partial charge in [0.05, 0.1) is 6.04 Å². The van der Waals surface area contributed by atoms with E-state index in [9.17, 15) is 9.59 Å². The number of nitrogens with one attached hydrogen (secondary N) is 2. The van der Waals surface area contributed by atoms with Gasteiger partial charge < -0.3 is 10.6 Å². The predicted octanol–water partition coefficient (Wildman–Crippen LogP) is 3.86. The number of pyridine rings is 1. The van der Waals surface area contributed by atoms with Gasteiger partial charge in [-0.05, 0) is 61.1 Å². The van der Waals surface area contributed by atoms with E-state index in [0.717, 1.165) is 41.8 Å². The van der Waals surface area contributed by atoms with Crippen molar-refractivity contribution >= 4 is 17.5 Å². The Morgan fingerprint density at radius 2 is 1.73 bits per heavy atom. The van der Waals surface area contributed by atoms with Gasteiger partial charge in [-0.15, -0.1) is 0 Å². The van der Waals surface area contributed by atoms with Crippen LogP contribution in [0, 0.1) is 20.8 Å². The van der Waals surface area contributed by atoms with Crippen LogP contribution in [-0.2, 0) is 22.6 Å². The molecule has 2 heterocycles. The highest BCUT2D eigenvalue weighted by Gasteiger charge is 2.26. The molecule has 0 fully saturated rings.